The van der Waals surface area contributed by atoms with E-state index in [1.807, 2.05) is 0 Å². The maximum atomic E-state index is 5.37. The minimum absolute atomic E-state index is 0.256. The van der Waals surface area contributed by atoms with Crippen LogP contribution in [0.25, 0.3) is 0 Å². The molecule has 66 valence electrons. The zero-order valence-corrected chi connectivity index (χ0v) is 7.89. The van der Waals surface area contributed by atoms with Gasteiger partial charge in [0.05, 0.1) is 0 Å². The number of ether oxygens (including phenoxy) is 2. The largest absolute Gasteiger partial charge is 0.353 e. The molecule has 0 heterocycles. The second-order valence-corrected chi connectivity index (χ2v) is 3.61. The van der Waals surface area contributed by atoms with Crippen molar-refractivity contribution < 1.29 is 9.47 Å². The molecule has 0 unspecified atom stereocenters. The zero-order chi connectivity index (χ0) is 8.48. The van der Waals surface area contributed by atoms with Crippen molar-refractivity contribution in [3.8, 4) is 0 Å². The minimum Gasteiger partial charge on any atom is -0.353 e. The van der Waals surface area contributed by atoms with E-state index in [0.717, 1.165) is 6.42 Å². The third-order valence-electron chi connectivity index (χ3n) is 2.86. The molecule has 0 saturated heterocycles. The van der Waals surface area contributed by atoms with Gasteiger partial charge in [-0.3, -0.25) is 0 Å². The van der Waals surface area contributed by atoms with Crippen LogP contribution in [0, 0.1) is 11.8 Å². The van der Waals surface area contributed by atoms with Crippen LogP contribution < -0.4 is 0 Å². The minimum atomic E-state index is -0.256. The Labute approximate surface area is 68.9 Å². The average Bonchev–Trinajstić information content (AvgIpc) is 1.87. The van der Waals surface area contributed by atoms with E-state index >= 15 is 0 Å². The van der Waals surface area contributed by atoms with E-state index in [2.05, 4.69) is 13.8 Å². The van der Waals surface area contributed by atoms with Gasteiger partial charge in [0.2, 0.25) is 0 Å². The van der Waals surface area contributed by atoms with Crippen molar-refractivity contribution in [3.63, 3.8) is 0 Å². The first kappa shape index (κ1) is 9.01. The Morgan fingerprint density at radius 1 is 1.27 bits per heavy atom. The quantitative estimate of drug-likeness (QED) is 0.585. The van der Waals surface area contributed by atoms with Crippen molar-refractivity contribution in [2.45, 2.75) is 32.5 Å². The van der Waals surface area contributed by atoms with E-state index in [9.17, 15) is 0 Å². The Hall–Kier alpha value is -0.0800. The number of rotatable bonds is 3. The molecule has 0 aromatic carbocycles. The van der Waals surface area contributed by atoms with Gasteiger partial charge in [0.15, 0.2) is 5.79 Å². The van der Waals surface area contributed by atoms with Crippen LogP contribution in [0.1, 0.15) is 26.7 Å². The Kier molecular flexibility index (Phi) is 2.55. The first-order valence-corrected chi connectivity index (χ1v) is 4.26. The first-order chi connectivity index (χ1) is 5.16. The molecule has 0 bridgehead atoms. The highest BCUT2D eigenvalue weighted by Gasteiger charge is 2.48. The van der Waals surface area contributed by atoms with E-state index < -0.39 is 0 Å². The summed E-state index contributed by atoms with van der Waals surface area (Å²) >= 11 is 0. The molecular formula is C9H18O2. The topological polar surface area (TPSA) is 18.5 Å². The molecule has 1 fully saturated rings. The van der Waals surface area contributed by atoms with Gasteiger partial charge in [0.25, 0.3) is 0 Å². The summed E-state index contributed by atoms with van der Waals surface area (Å²) in [5.41, 5.74) is 0. The molecule has 1 aliphatic carbocycles. The summed E-state index contributed by atoms with van der Waals surface area (Å²) in [6.45, 7) is 4.44. The summed E-state index contributed by atoms with van der Waals surface area (Å²) in [7, 11) is 3.47. The molecule has 0 aromatic heterocycles. The van der Waals surface area contributed by atoms with Gasteiger partial charge in [0.1, 0.15) is 0 Å². The molecule has 1 rings (SSSR count). The summed E-state index contributed by atoms with van der Waals surface area (Å²) < 4.78 is 10.7. The standard InChI is InChI=1S/C9H18O2/c1-7(2)8-5-6-9(8,10-3)11-4/h7-8H,5-6H2,1-4H3/t8-/m0/s1. The summed E-state index contributed by atoms with van der Waals surface area (Å²) in [4.78, 5) is 0. The third-order valence-corrected chi connectivity index (χ3v) is 2.86. The van der Waals surface area contributed by atoms with Crippen LogP contribution in [0.4, 0.5) is 0 Å². The SMILES string of the molecule is COC1(OC)CC[C@H]1C(C)C. The molecule has 0 aliphatic heterocycles. The monoisotopic (exact) mass is 158 g/mol. The maximum absolute atomic E-state index is 5.37. The number of hydrogen-bond donors (Lipinski definition) is 0. The lowest BCUT2D eigenvalue weighted by molar-refractivity contribution is -0.295. The normalized spacial score (nSPS) is 28.6. The predicted octanol–water partition coefficient (Wildman–Crippen LogP) is 2.04. The van der Waals surface area contributed by atoms with Crippen LogP contribution in [0.5, 0.6) is 0 Å². The van der Waals surface area contributed by atoms with Crippen LogP contribution in [-0.4, -0.2) is 20.0 Å². The molecule has 0 amide bonds. The molecule has 0 N–H and O–H groups in total. The Morgan fingerprint density at radius 3 is 1.91 bits per heavy atom. The summed E-state index contributed by atoms with van der Waals surface area (Å²) in [6.07, 6.45) is 2.28. The maximum Gasteiger partial charge on any atom is 0.170 e. The van der Waals surface area contributed by atoms with Gasteiger partial charge in [-0.15, -0.1) is 0 Å². The van der Waals surface area contributed by atoms with Crippen molar-refractivity contribution in [2.75, 3.05) is 14.2 Å². The van der Waals surface area contributed by atoms with Gasteiger partial charge in [-0.1, -0.05) is 13.8 Å². The van der Waals surface area contributed by atoms with Crippen LogP contribution in [0.15, 0.2) is 0 Å². The summed E-state index contributed by atoms with van der Waals surface area (Å²) in [5.74, 6) is 0.981. The average molecular weight is 158 g/mol. The highest BCUT2D eigenvalue weighted by Crippen LogP contribution is 2.45. The lowest BCUT2D eigenvalue weighted by Crippen LogP contribution is -2.52. The Morgan fingerprint density at radius 2 is 1.82 bits per heavy atom. The van der Waals surface area contributed by atoms with E-state index in [1.165, 1.54) is 6.42 Å². The first-order valence-electron chi connectivity index (χ1n) is 4.26. The van der Waals surface area contributed by atoms with E-state index in [1.54, 1.807) is 14.2 Å². The number of methoxy groups -OCH3 is 2. The van der Waals surface area contributed by atoms with E-state index in [0.29, 0.717) is 11.8 Å². The summed E-state index contributed by atoms with van der Waals surface area (Å²) in [5, 5.41) is 0. The van der Waals surface area contributed by atoms with Crippen LogP contribution in [0.3, 0.4) is 0 Å². The molecule has 0 spiro atoms. The molecule has 2 nitrogen and oxygen atoms in total. The molecule has 0 aromatic rings. The molecule has 1 saturated carbocycles. The van der Waals surface area contributed by atoms with Gasteiger partial charge in [-0.2, -0.15) is 0 Å². The highest BCUT2D eigenvalue weighted by atomic mass is 16.7. The van der Waals surface area contributed by atoms with Crippen molar-refractivity contribution in [1.82, 2.24) is 0 Å². The van der Waals surface area contributed by atoms with Crippen LogP contribution in [0.2, 0.25) is 0 Å². The fraction of sp³-hybridized carbons (Fsp3) is 1.00. The van der Waals surface area contributed by atoms with Crippen LogP contribution >= 0.6 is 0 Å². The molecule has 1 aliphatic rings. The summed E-state index contributed by atoms with van der Waals surface area (Å²) in [6, 6.07) is 0. The van der Waals surface area contributed by atoms with Crippen molar-refractivity contribution in [3.05, 3.63) is 0 Å². The highest BCUT2D eigenvalue weighted by molar-refractivity contribution is 4.91. The smallest absolute Gasteiger partial charge is 0.170 e. The lowest BCUT2D eigenvalue weighted by Gasteiger charge is -2.49. The second-order valence-electron chi connectivity index (χ2n) is 3.61. The van der Waals surface area contributed by atoms with E-state index in [4.69, 9.17) is 9.47 Å². The zero-order valence-electron chi connectivity index (χ0n) is 7.89. The molecule has 2 heteroatoms. The van der Waals surface area contributed by atoms with Gasteiger partial charge in [0, 0.05) is 26.6 Å². The van der Waals surface area contributed by atoms with Gasteiger partial charge < -0.3 is 9.47 Å². The fourth-order valence-electron chi connectivity index (χ4n) is 1.98. The second kappa shape index (κ2) is 3.11. The molecule has 11 heavy (non-hydrogen) atoms. The van der Waals surface area contributed by atoms with Crippen molar-refractivity contribution in [1.29, 1.82) is 0 Å². The predicted molar refractivity (Wildman–Crippen MR) is 44.3 cm³/mol. The Balaban J connectivity index is 2.56. The van der Waals surface area contributed by atoms with Gasteiger partial charge >= 0.3 is 0 Å². The van der Waals surface area contributed by atoms with Crippen molar-refractivity contribution in [2.24, 2.45) is 11.8 Å². The fourth-order valence-corrected chi connectivity index (χ4v) is 1.98. The molecular weight excluding hydrogens is 140 g/mol. The van der Waals surface area contributed by atoms with Gasteiger partial charge in [-0.05, 0) is 12.3 Å². The van der Waals surface area contributed by atoms with Crippen LogP contribution in [-0.2, 0) is 9.47 Å². The molecule has 0 radical (unpaired) electrons. The van der Waals surface area contributed by atoms with Crippen molar-refractivity contribution >= 4 is 0 Å². The lowest BCUT2D eigenvalue weighted by atomic mass is 9.71. The molecule has 1 atom stereocenters. The van der Waals surface area contributed by atoms with Gasteiger partial charge in [-0.25, -0.2) is 0 Å². The number of hydrogen-bond acceptors (Lipinski definition) is 2. The Bertz CT molecular complexity index is 122. The third kappa shape index (κ3) is 1.30. The van der Waals surface area contributed by atoms with E-state index in [-0.39, 0.29) is 5.79 Å².